The van der Waals surface area contributed by atoms with Crippen molar-refractivity contribution in [1.29, 1.82) is 0 Å². The third-order valence-corrected chi connectivity index (χ3v) is 22.0. The van der Waals surface area contributed by atoms with E-state index in [9.17, 15) is 70.2 Å². The minimum atomic E-state index is -2.40. The number of fused-ring (bicyclic) bond motifs is 15. The average Bonchev–Trinajstić information content (AvgIpc) is 0.762. The number of aliphatic carboxylic acids is 1. The van der Waals surface area contributed by atoms with E-state index in [4.69, 9.17) is 71.4 Å². The van der Waals surface area contributed by atoms with Crippen molar-refractivity contribution in [2.45, 2.75) is 207 Å². The van der Waals surface area contributed by atoms with E-state index in [1.54, 1.807) is 44.2 Å². The van der Waals surface area contributed by atoms with Crippen molar-refractivity contribution in [3.63, 3.8) is 0 Å². The van der Waals surface area contributed by atoms with Gasteiger partial charge in [0, 0.05) is 53.7 Å². The highest BCUT2D eigenvalue weighted by molar-refractivity contribution is 6.32. The van der Waals surface area contributed by atoms with Crippen LogP contribution in [-0.2, 0) is 73.4 Å². The van der Waals surface area contributed by atoms with Crippen LogP contribution in [0.5, 0.6) is 46.0 Å². The van der Waals surface area contributed by atoms with E-state index < -0.39 is 261 Å². The molecule has 8 aliphatic rings. The lowest BCUT2D eigenvalue weighted by Gasteiger charge is -2.47. The van der Waals surface area contributed by atoms with Crippen LogP contribution in [0.4, 0.5) is 4.79 Å². The van der Waals surface area contributed by atoms with Crippen molar-refractivity contribution in [2.75, 3.05) is 13.7 Å². The Morgan fingerprint density at radius 3 is 1.89 bits per heavy atom. The van der Waals surface area contributed by atoms with E-state index in [2.05, 4.69) is 31.9 Å². The molecule has 0 aliphatic carbocycles. The lowest BCUT2D eigenvalue weighted by Crippen LogP contribution is -2.64. The molecule has 6 aromatic carbocycles. The molecule has 38 nitrogen and oxygen atoms in total. The third kappa shape index (κ3) is 19.2. The molecule has 22 N–H and O–H groups in total. The number of benzene rings is 6. The predicted molar refractivity (Wildman–Crippen MR) is 416 cm³/mol. The number of rotatable bonds is 17. The number of aliphatic hydroxyl groups is 6. The number of carbonyl (C=O) groups is 9. The molecule has 8 amide bonds. The summed E-state index contributed by atoms with van der Waals surface area (Å²) < 4.78 is 57.4. The topological polar surface area (TPSA) is 592 Å². The van der Waals surface area contributed by atoms with Gasteiger partial charge in [0.15, 0.2) is 36.2 Å². The molecule has 8 heterocycles. The number of aromatic hydroxyl groups is 3. The smallest absolute Gasteiger partial charge is 0.410 e. The quantitative estimate of drug-likeness (QED) is 0.0618. The summed E-state index contributed by atoms with van der Waals surface area (Å²) in [5, 5.41) is 130. The van der Waals surface area contributed by atoms with Crippen molar-refractivity contribution < 1.29 is 137 Å². The third-order valence-electron chi connectivity index (χ3n) is 21.7. The number of phenols is 3. The van der Waals surface area contributed by atoms with Gasteiger partial charge in [0.1, 0.15) is 102 Å². The van der Waals surface area contributed by atoms with Crippen LogP contribution in [0.1, 0.15) is 131 Å². The molecule has 6 aromatic rings. The standard InChI is InChI=1S/C81H95ClN10O28/c1-33(2)21-47(92(7)79(111)112-32-36-11-9-8-10-12-36)72(104)90-61-63(98)39-16-20-50(45(82)23-39)116-52-25-40-24-51(67(52)120-78-68(65(100)64(99)53(31-93)117-78)119-56-30-81(6,85)70(102)35(4)114-56)115-42-17-13-37(14-18-42)66(118-55-29-80(5,84)69(101)34(3)113-55)62-76(108)89-60(77(109)110)44-26-41(94)27-49(96)57(44)43-22-38(15-19-48(43)95)58(73(105)91-62)88-74(106)59(40)87-71(103)46(28-54(83)97)86-75(61)107/h8-20,22-27,33-35,46-47,53,55-56,58-66,68-70,78,93-96,98-102H,21,28-32,84-85H2,1-7H3,(H2,83,97)(H,86,107)(H,87,103)(H,88,106)(H,89,108)(H,90,104)(H,91,105)(H,109,110)/t34-,35-,46-,47+,53+,55-,56-,58+,59+,60-,61+,62-,63+,64+,65-,66+,68+,69-,70-,78-,80-,81-/m0/s1. The van der Waals surface area contributed by atoms with Crippen molar-refractivity contribution in [1.82, 2.24) is 36.8 Å². The SMILES string of the molecule is CC(C)C[C@H](C(=O)N[C@H]1C(=O)N[C@@H](CC(N)=O)C(=O)N[C@H]2C(=O)N[C@H]3C(=O)N[C@H](C(=O)N[C@H](C(=O)O)c4cc(O)cc(O)c4-c4cc3ccc4O)[C@H](O[C@H]3C[C@](C)(N)[C@@H](O)[C@H](C)O3)c3ccc(cc3)Oc3cc2cc(c3O[C@@H]2O[C@H](CO)[C@@H](O)[C@H](O)[C@H]2O[C@H]2C[C@](C)(N)[C@@H](O)[C@H](C)O2)Oc2ccc(cc2Cl)[C@H]1O)N(C)C(=O)OCc1ccccc1. The molecule has 3 saturated heterocycles. The summed E-state index contributed by atoms with van der Waals surface area (Å²) in [4.78, 5) is 136. The number of halogens is 1. The number of amides is 8. The fourth-order valence-electron chi connectivity index (χ4n) is 15.2. The van der Waals surface area contributed by atoms with Gasteiger partial charge in [-0.2, -0.15) is 0 Å². The monoisotopic (exact) mass is 1690 g/mol. The zero-order chi connectivity index (χ0) is 87.0. The lowest BCUT2D eigenvalue weighted by molar-refractivity contribution is -0.333. The number of primary amides is 1. The van der Waals surface area contributed by atoms with Crippen LogP contribution >= 0.6 is 11.6 Å². The van der Waals surface area contributed by atoms with Gasteiger partial charge in [0.05, 0.1) is 42.5 Å². The first-order valence-electron chi connectivity index (χ1n) is 38.3. The van der Waals surface area contributed by atoms with Crippen LogP contribution in [0.2, 0.25) is 5.02 Å². The Hall–Kier alpha value is -11.1. The Labute approximate surface area is 690 Å². The second kappa shape index (κ2) is 36.1. The maximum atomic E-state index is 16.5. The number of likely N-dealkylation sites (N-methyl/N-ethyl adjacent to an activating group) is 1. The summed E-state index contributed by atoms with van der Waals surface area (Å²) in [5.41, 5.74) is 14.0. The minimum Gasteiger partial charge on any atom is -0.508 e. The number of hydrogen-bond donors (Lipinski definition) is 19. The van der Waals surface area contributed by atoms with Crippen LogP contribution in [0.3, 0.4) is 0 Å². The van der Waals surface area contributed by atoms with Crippen molar-refractivity contribution >= 4 is 65.0 Å². The molecule has 0 aromatic heterocycles. The van der Waals surface area contributed by atoms with Gasteiger partial charge < -0.3 is 143 Å². The molecule has 0 unspecified atom stereocenters. The number of nitrogens with one attached hydrogen (secondary N) is 6. The molecule has 3 fully saturated rings. The van der Waals surface area contributed by atoms with E-state index in [1.165, 1.54) is 71.1 Å². The number of phenolic OH excluding ortho intramolecular Hbond substituents is 3. The van der Waals surface area contributed by atoms with Gasteiger partial charge >= 0.3 is 12.1 Å². The van der Waals surface area contributed by atoms with Gasteiger partial charge in [-0.1, -0.05) is 80.0 Å². The van der Waals surface area contributed by atoms with Gasteiger partial charge in [-0.05, 0) is 122 Å². The lowest BCUT2D eigenvalue weighted by atomic mass is 9.86. The molecule has 8 aliphatic heterocycles. The normalized spacial score (nSPS) is 30.4. The fourth-order valence-corrected chi connectivity index (χ4v) is 15.4. The van der Waals surface area contributed by atoms with Crippen molar-refractivity contribution in [2.24, 2.45) is 23.1 Å². The van der Waals surface area contributed by atoms with Crippen LogP contribution in [0.15, 0.2) is 115 Å². The molecular weight excluding hydrogens is 1600 g/mol. The van der Waals surface area contributed by atoms with Crippen molar-refractivity contribution in [3.8, 4) is 57.1 Å². The van der Waals surface area contributed by atoms with E-state index in [0.717, 1.165) is 53.4 Å². The molecule has 0 spiro atoms. The van der Waals surface area contributed by atoms with E-state index >= 15 is 24.0 Å². The highest BCUT2D eigenvalue weighted by Crippen LogP contribution is 2.50. The number of nitrogens with two attached hydrogens (primary N) is 3. The number of carboxylic acids is 1. The Kier molecular flexibility index (Phi) is 26.5. The summed E-state index contributed by atoms with van der Waals surface area (Å²) in [5.74, 6) is -16.5. The fraction of sp³-hybridized carbons (Fsp3) is 0.444. The van der Waals surface area contributed by atoms with E-state index in [-0.39, 0.29) is 60.0 Å². The zero-order valence-electron chi connectivity index (χ0n) is 65.7. The number of aliphatic hydroxyl groups excluding tert-OH is 6. The highest BCUT2D eigenvalue weighted by Gasteiger charge is 2.53. The number of carboxylic acid groups (broad SMARTS) is 1. The number of carbonyl (C=O) groups excluding carboxylic acids is 8. The zero-order valence-corrected chi connectivity index (χ0v) is 66.5. The molecular formula is C81H95ClN10O28. The van der Waals surface area contributed by atoms with Crippen LogP contribution < -0.4 is 63.3 Å². The maximum absolute atomic E-state index is 16.5. The summed E-state index contributed by atoms with van der Waals surface area (Å²) >= 11 is 7.21. The molecule has 11 bridgehead atoms. The van der Waals surface area contributed by atoms with Crippen LogP contribution in [-0.4, -0.2) is 226 Å². The van der Waals surface area contributed by atoms with Gasteiger partial charge in [0.25, 0.3) is 0 Å². The van der Waals surface area contributed by atoms with Crippen LogP contribution in [0.25, 0.3) is 11.1 Å². The Bertz CT molecular complexity index is 4870. The number of ether oxygens (including phenoxy) is 9. The van der Waals surface area contributed by atoms with Crippen LogP contribution in [0, 0.1) is 5.92 Å². The molecule has 39 heteroatoms. The first-order chi connectivity index (χ1) is 56.7. The largest absolute Gasteiger partial charge is 0.508 e. The Morgan fingerprint density at radius 1 is 0.667 bits per heavy atom. The molecule has 120 heavy (non-hydrogen) atoms. The highest BCUT2D eigenvalue weighted by atomic mass is 35.5. The molecule has 22 atom stereocenters. The van der Waals surface area contributed by atoms with Gasteiger partial charge in [0.2, 0.25) is 53.4 Å². The van der Waals surface area contributed by atoms with Crippen molar-refractivity contribution in [3.05, 3.63) is 154 Å². The summed E-state index contributed by atoms with van der Waals surface area (Å²) in [7, 11) is 1.26. The predicted octanol–water partition coefficient (Wildman–Crippen LogP) is 1.74. The van der Waals surface area contributed by atoms with Gasteiger partial charge in [-0.3, -0.25) is 38.5 Å². The second-order valence-corrected chi connectivity index (χ2v) is 31.9. The Balaban J connectivity index is 1.08. The molecule has 14 rings (SSSR count). The maximum Gasteiger partial charge on any atom is 0.410 e. The second-order valence-electron chi connectivity index (χ2n) is 31.5. The molecule has 644 valence electrons. The number of hydrogen-bond acceptors (Lipinski definition) is 29. The summed E-state index contributed by atoms with van der Waals surface area (Å²) in [6, 6.07) is 8.89. The minimum absolute atomic E-state index is 0.0592. The first kappa shape index (κ1) is 88.2. The average molecular weight is 1690 g/mol. The summed E-state index contributed by atoms with van der Waals surface area (Å²) in [6.45, 7) is 8.19. The van der Waals surface area contributed by atoms with Gasteiger partial charge in [-0.15, -0.1) is 0 Å². The summed E-state index contributed by atoms with van der Waals surface area (Å²) in [6.07, 6.45) is -24.2. The Morgan fingerprint density at radius 2 is 1.27 bits per heavy atom. The molecule has 0 radical (unpaired) electrons. The van der Waals surface area contributed by atoms with E-state index in [0.29, 0.717) is 5.56 Å². The van der Waals surface area contributed by atoms with Gasteiger partial charge in [-0.25, -0.2) is 9.59 Å². The van der Waals surface area contributed by atoms with E-state index in [1.807, 2.05) is 0 Å². The first-order valence-corrected chi connectivity index (χ1v) is 38.7. The number of nitrogens with zero attached hydrogens (tertiary/aromatic N) is 1. The molecule has 0 saturated carbocycles.